The third-order valence-corrected chi connectivity index (χ3v) is 3.99. The van der Waals surface area contributed by atoms with Crippen molar-refractivity contribution in [1.29, 1.82) is 0 Å². The zero-order valence-electron chi connectivity index (χ0n) is 8.81. The molecule has 3 rings (SSSR count). The molecule has 0 saturated heterocycles. The van der Waals surface area contributed by atoms with Crippen molar-refractivity contribution in [3.05, 3.63) is 52.3 Å². The van der Waals surface area contributed by atoms with Crippen LogP contribution in [0.4, 0.5) is 0 Å². The van der Waals surface area contributed by atoms with Gasteiger partial charge in [0.25, 0.3) is 0 Å². The summed E-state index contributed by atoms with van der Waals surface area (Å²) in [5.41, 5.74) is 0.841. The summed E-state index contributed by atoms with van der Waals surface area (Å²) in [6, 6.07) is 11.2. The Morgan fingerprint density at radius 2 is 1.94 bits per heavy atom. The molecule has 0 spiro atoms. The summed E-state index contributed by atoms with van der Waals surface area (Å²) in [6.07, 6.45) is 0. The minimum atomic E-state index is 0.0444. The van der Waals surface area contributed by atoms with Gasteiger partial charge in [-0.05, 0) is 24.3 Å². The van der Waals surface area contributed by atoms with E-state index < -0.39 is 0 Å². The van der Waals surface area contributed by atoms with Crippen LogP contribution >= 0.6 is 22.9 Å². The zero-order chi connectivity index (χ0) is 11.8. The number of halogens is 1. The highest BCUT2D eigenvalue weighted by molar-refractivity contribution is 7.24. The van der Waals surface area contributed by atoms with E-state index in [0.717, 1.165) is 20.6 Å². The molecule has 0 aliphatic heterocycles. The largest absolute Gasteiger partial charge is 0.288 e. The topological polar surface area (TPSA) is 30.0 Å². The predicted molar refractivity (Wildman–Crippen MR) is 73.0 cm³/mol. The molecule has 4 heteroatoms. The third kappa shape index (κ3) is 1.72. The molecule has 1 aromatic carbocycles. The van der Waals surface area contributed by atoms with Gasteiger partial charge in [0.15, 0.2) is 5.43 Å². The molecule has 0 aliphatic rings. The van der Waals surface area contributed by atoms with E-state index in [2.05, 4.69) is 4.98 Å². The maximum atomic E-state index is 12.2. The molecule has 0 saturated carbocycles. The van der Waals surface area contributed by atoms with Crippen LogP contribution in [-0.4, -0.2) is 4.98 Å². The molecule has 0 aliphatic carbocycles. The summed E-state index contributed by atoms with van der Waals surface area (Å²) in [5, 5.41) is 1.42. The van der Waals surface area contributed by atoms with Crippen molar-refractivity contribution in [2.24, 2.45) is 0 Å². The Morgan fingerprint density at radius 1 is 1.12 bits per heavy atom. The van der Waals surface area contributed by atoms with Crippen LogP contribution in [0.15, 0.2) is 41.2 Å². The lowest BCUT2D eigenvalue weighted by molar-refractivity contribution is 1.23. The standard InChI is InChI=1S/C13H8ClNOS/c14-7-8-5-6-10-12(16)9-3-1-2-4-11(9)17-13(10)15-8/h1-6H,7H2. The van der Waals surface area contributed by atoms with E-state index in [9.17, 15) is 4.79 Å². The van der Waals surface area contributed by atoms with Crippen molar-refractivity contribution in [3.8, 4) is 0 Å². The zero-order valence-corrected chi connectivity index (χ0v) is 10.4. The lowest BCUT2D eigenvalue weighted by Crippen LogP contribution is -2.02. The number of benzene rings is 1. The van der Waals surface area contributed by atoms with Crippen LogP contribution < -0.4 is 5.43 Å². The van der Waals surface area contributed by atoms with Crippen molar-refractivity contribution in [3.63, 3.8) is 0 Å². The smallest absolute Gasteiger partial charge is 0.197 e. The number of nitrogens with zero attached hydrogens (tertiary/aromatic N) is 1. The summed E-state index contributed by atoms with van der Waals surface area (Å²) in [6.45, 7) is 0. The molecule has 0 atom stereocenters. The first-order chi connectivity index (χ1) is 8.29. The van der Waals surface area contributed by atoms with Crippen LogP contribution in [0.3, 0.4) is 0 Å². The second kappa shape index (κ2) is 4.09. The molecule has 0 bridgehead atoms. The second-order valence-corrected chi connectivity index (χ2v) is 5.01. The predicted octanol–water partition coefficient (Wildman–Crippen LogP) is 3.55. The quantitative estimate of drug-likeness (QED) is 0.495. The van der Waals surface area contributed by atoms with E-state index in [1.807, 2.05) is 30.3 Å². The summed E-state index contributed by atoms with van der Waals surface area (Å²) in [7, 11) is 0. The highest BCUT2D eigenvalue weighted by Crippen LogP contribution is 2.23. The van der Waals surface area contributed by atoms with Gasteiger partial charge in [-0.1, -0.05) is 12.1 Å². The van der Waals surface area contributed by atoms with Gasteiger partial charge in [0, 0.05) is 10.1 Å². The van der Waals surface area contributed by atoms with Gasteiger partial charge in [-0.15, -0.1) is 22.9 Å². The van der Waals surface area contributed by atoms with E-state index in [4.69, 9.17) is 11.6 Å². The average Bonchev–Trinajstić information content (AvgIpc) is 2.38. The minimum Gasteiger partial charge on any atom is -0.288 e. The van der Waals surface area contributed by atoms with Gasteiger partial charge in [0.2, 0.25) is 0 Å². The van der Waals surface area contributed by atoms with Crippen molar-refractivity contribution in [2.75, 3.05) is 0 Å². The molecule has 3 aromatic rings. The Morgan fingerprint density at radius 3 is 2.76 bits per heavy atom. The monoisotopic (exact) mass is 261 g/mol. The number of fused-ring (bicyclic) bond motifs is 2. The summed E-state index contributed by atoms with van der Waals surface area (Å²) in [4.78, 5) is 17.4. The Labute approximate surface area is 106 Å². The summed E-state index contributed by atoms with van der Waals surface area (Å²) >= 11 is 7.27. The lowest BCUT2D eigenvalue weighted by Gasteiger charge is -2.01. The highest BCUT2D eigenvalue weighted by Gasteiger charge is 2.06. The fraction of sp³-hybridized carbons (Fsp3) is 0.0769. The molecule has 0 N–H and O–H groups in total. The Balaban J connectivity index is 2.50. The molecular formula is C13H8ClNOS. The number of pyridine rings is 1. The fourth-order valence-electron chi connectivity index (χ4n) is 1.80. The first kappa shape index (κ1) is 10.7. The Bertz CT molecular complexity index is 766. The van der Waals surface area contributed by atoms with E-state index in [1.165, 1.54) is 11.3 Å². The van der Waals surface area contributed by atoms with Crippen LogP contribution in [0, 0.1) is 0 Å². The first-order valence-electron chi connectivity index (χ1n) is 5.17. The van der Waals surface area contributed by atoms with Crippen molar-refractivity contribution in [2.45, 2.75) is 5.88 Å². The van der Waals surface area contributed by atoms with Gasteiger partial charge < -0.3 is 0 Å². The van der Waals surface area contributed by atoms with E-state index in [1.54, 1.807) is 6.07 Å². The molecule has 0 unspecified atom stereocenters. The van der Waals surface area contributed by atoms with Gasteiger partial charge in [-0.3, -0.25) is 4.79 Å². The molecule has 0 fully saturated rings. The van der Waals surface area contributed by atoms with Crippen LogP contribution in [0.5, 0.6) is 0 Å². The molecule has 0 amide bonds. The van der Waals surface area contributed by atoms with Gasteiger partial charge in [-0.25, -0.2) is 4.98 Å². The lowest BCUT2D eigenvalue weighted by atomic mass is 10.2. The summed E-state index contributed by atoms with van der Waals surface area (Å²) < 4.78 is 0.962. The van der Waals surface area contributed by atoms with Crippen LogP contribution in [0.25, 0.3) is 20.3 Å². The molecule has 2 nitrogen and oxygen atoms in total. The normalized spacial score (nSPS) is 11.1. The van der Waals surface area contributed by atoms with E-state index >= 15 is 0 Å². The first-order valence-corrected chi connectivity index (χ1v) is 6.52. The molecule has 0 radical (unpaired) electrons. The van der Waals surface area contributed by atoms with Crippen LogP contribution in [0.1, 0.15) is 5.69 Å². The molecule has 17 heavy (non-hydrogen) atoms. The van der Waals surface area contributed by atoms with Gasteiger partial charge in [0.05, 0.1) is 17.0 Å². The Hall–Kier alpha value is -1.45. The minimum absolute atomic E-state index is 0.0444. The van der Waals surface area contributed by atoms with Gasteiger partial charge >= 0.3 is 0 Å². The molecule has 2 aromatic heterocycles. The molecule has 84 valence electrons. The number of hydrogen-bond donors (Lipinski definition) is 0. The maximum absolute atomic E-state index is 12.2. The molecular weight excluding hydrogens is 254 g/mol. The van der Waals surface area contributed by atoms with Crippen LogP contribution in [-0.2, 0) is 5.88 Å². The van der Waals surface area contributed by atoms with E-state index in [0.29, 0.717) is 11.3 Å². The highest BCUT2D eigenvalue weighted by atomic mass is 35.5. The maximum Gasteiger partial charge on any atom is 0.197 e. The molecule has 2 heterocycles. The van der Waals surface area contributed by atoms with Crippen molar-refractivity contribution < 1.29 is 0 Å². The Kier molecular flexibility index (Phi) is 2.57. The SMILES string of the molecule is O=c1c2ccccc2sc2nc(CCl)ccc12. The number of alkyl halides is 1. The number of rotatable bonds is 1. The third-order valence-electron chi connectivity index (χ3n) is 2.64. The average molecular weight is 262 g/mol. The number of hydrogen-bond acceptors (Lipinski definition) is 3. The summed E-state index contributed by atoms with van der Waals surface area (Å²) in [5.74, 6) is 0.365. The fourth-order valence-corrected chi connectivity index (χ4v) is 3.00. The van der Waals surface area contributed by atoms with Crippen molar-refractivity contribution >= 4 is 43.2 Å². The van der Waals surface area contributed by atoms with Gasteiger partial charge in [0.1, 0.15) is 4.83 Å². The van der Waals surface area contributed by atoms with E-state index in [-0.39, 0.29) is 5.43 Å². The van der Waals surface area contributed by atoms with Gasteiger partial charge in [-0.2, -0.15) is 0 Å². The van der Waals surface area contributed by atoms with Crippen molar-refractivity contribution in [1.82, 2.24) is 4.98 Å². The second-order valence-electron chi connectivity index (χ2n) is 3.72. The number of aromatic nitrogens is 1. The van der Waals surface area contributed by atoms with Crippen LogP contribution in [0.2, 0.25) is 0 Å².